The predicted molar refractivity (Wildman–Crippen MR) is 101 cm³/mol. The molecule has 2 aromatic rings. The van der Waals surface area contributed by atoms with Gasteiger partial charge in [-0.3, -0.25) is 0 Å². The summed E-state index contributed by atoms with van der Waals surface area (Å²) in [5.41, 5.74) is 1.17. The Balaban J connectivity index is 1.49. The van der Waals surface area contributed by atoms with Gasteiger partial charge in [0, 0.05) is 32.1 Å². The minimum Gasteiger partial charge on any atom is -0.408 e. The number of aromatic nitrogens is 2. The van der Waals surface area contributed by atoms with Gasteiger partial charge in [-0.05, 0) is 18.4 Å². The first-order valence-electron chi connectivity index (χ1n) is 9.06. The predicted octanol–water partition coefficient (Wildman–Crippen LogP) is 2.28. The zero-order valence-electron chi connectivity index (χ0n) is 15.3. The minimum absolute atomic E-state index is 0.181. The summed E-state index contributed by atoms with van der Waals surface area (Å²) in [5.74, 6) is 0.971. The molecule has 0 aliphatic carbocycles. The molecule has 3 rings (SSSR count). The third kappa shape index (κ3) is 4.62. The first-order valence-corrected chi connectivity index (χ1v) is 10.7. The van der Waals surface area contributed by atoms with Crippen molar-refractivity contribution in [3.05, 3.63) is 41.8 Å². The number of sulfonamides is 1. The maximum absolute atomic E-state index is 12.6. The molecule has 1 aromatic heterocycles. The monoisotopic (exact) mass is 378 g/mol. The van der Waals surface area contributed by atoms with E-state index in [1.54, 1.807) is 4.31 Å². The molecule has 1 aliphatic rings. The highest BCUT2D eigenvalue weighted by atomic mass is 32.2. The molecule has 0 saturated carbocycles. The summed E-state index contributed by atoms with van der Waals surface area (Å²) in [7, 11) is -3.23. The number of nitrogens with zero attached hydrogens (tertiary/aromatic N) is 4. The van der Waals surface area contributed by atoms with Crippen LogP contribution in [0.25, 0.3) is 0 Å². The van der Waals surface area contributed by atoms with Crippen LogP contribution in [0.4, 0.5) is 6.01 Å². The van der Waals surface area contributed by atoms with Crippen molar-refractivity contribution in [2.24, 2.45) is 0 Å². The SMILES string of the molecule is CC(C)c1nnc(N2CCN(S(=O)(=O)CCCc3ccccc3)CC2)o1. The van der Waals surface area contributed by atoms with Crippen LogP contribution in [0.2, 0.25) is 0 Å². The minimum atomic E-state index is -3.23. The lowest BCUT2D eigenvalue weighted by Gasteiger charge is -2.32. The molecule has 0 atom stereocenters. The van der Waals surface area contributed by atoms with Crippen molar-refractivity contribution in [1.29, 1.82) is 0 Å². The van der Waals surface area contributed by atoms with E-state index in [-0.39, 0.29) is 11.7 Å². The van der Waals surface area contributed by atoms with Gasteiger partial charge in [-0.2, -0.15) is 4.31 Å². The molecular weight excluding hydrogens is 352 g/mol. The lowest BCUT2D eigenvalue weighted by atomic mass is 10.1. The van der Waals surface area contributed by atoms with Crippen molar-refractivity contribution in [2.75, 3.05) is 36.8 Å². The second kappa shape index (κ2) is 8.18. The number of hydrogen-bond donors (Lipinski definition) is 0. The Morgan fingerprint density at radius 2 is 1.77 bits per heavy atom. The Hall–Kier alpha value is -1.93. The normalized spacial score (nSPS) is 16.3. The van der Waals surface area contributed by atoms with Gasteiger partial charge in [-0.1, -0.05) is 49.3 Å². The van der Waals surface area contributed by atoms with Crippen molar-refractivity contribution < 1.29 is 12.8 Å². The molecule has 2 heterocycles. The third-order valence-corrected chi connectivity index (χ3v) is 6.49. The second-order valence-electron chi connectivity index (χ2n) is 6.87. The summed E-state index contributed by atoms with van der Waals surface area (Å²) in [6.07, 6.45) is 1.41. The largest absolute Gasteiger partial charge is 0.408 e. The number of aryl methyl sites for hydroxylation is 1. The molecule has 0 bridgehead atoms. The van der Waals surface area contributed by atoms with Crippen LogP contribution in [0.5, 0.6) is 0 Å². The summed E-state index contributed by atoms with van der Waals surface area (Å²) in [5, 5.41) is 8.11. The van der Waals surface area contributed by atoms with Crippen molar-refractivity contribution >= 4 is 16.0 Å². The molecule has 0 amide bonds. The van der Waals surface area contributed by atoms with Crippen LogP contribution in [0.1, 0.15) is 37.6 Å². The maximum atomic E-state index is 12.6. The van der Waals surface area contributed by atoms with Crippen LogP contribution in [-0.2, 0) is 16.4 Å². The second-order valence-corrected chi connectivity index (χ2v) is 8.96. The van der Waals surface area contributed by atoms with Crippen LogP contribution >= 0.6 is 0 Å². The van der Waals surface area contributed by atoms with E-state index in [1.165, 1.54) is 5.56 Å². The van der Waals surface area contributed by atoms with Gasteiger partial charge in [0.15, 0.2) is 0 Å². The van der Waals surface area contributed by atoms with E-state index < -0.39 is 10.0 Å². The highest BCUT2D eigenvalue weighted by Gasteiger charge is 2.28. The van der Waals surface area contributed by atoms with Crippen molar-refractivity contribution in [3.63, 3.8) is 0 Å². The quantitative estimate of drug-likeness (QED) is 0.735. The maximum Gasteiger partial charge on any atom is 0.318 e. The van der Waals surface area contributed by atoms with Gasteiger partial charge in [0.25, 0.3) is 0 Å². The number of hydrogen-bond acceptors (Lipinski definition) is 6. The highest BCUT2D eigenvalue weighted by Crippen LogP contribution is 2.20. The van der Waals surface area contributed by atoms with E-state index >= 15 is 0 Å². The fraction of sp³-hybridized carbons (Fsp3) is 0.556. The molecular formula is C18H26N4O3S. The molecule has 1 fully saturated rings. The zero-order valence-corrected chi connectivity index (χ0v) is 16.2. The summed E-state index contributed by atoms with van der Waals surface area (Å²) < 4.78 is 32.4. The van der Waals surface area contributed by atoms with Gasteiger partial charge in [-0.25, -0.2) is 8.42 Å². The molecule has 7 nitrogen and oxygen atoms in total. The number of piperazine rings is 1. The standard InChI is InChI=1S/C18H26N4O3S/c1-15(2)17-19-20-18(25-17)21-10-12-22(13-11-21)26(23,24)14-6-9-16-7-4-3-5-8-16/h3-5,7-8,15H,6,9-14H2,1-2H3. The van der Waals surface area contributed by atoms with Crippen LogP contribution in [0.15, 0.2) is 34.7 Å². The van der Waals surface area contributed by atoms with E-state index in [4.69, 9.17) is 4.42 Å². The molecule has 0 N–H and O–H groups in total. The molecule has 0 radical (unpaired) electrons. The molecule has 142 valence electrons. The van der Waals surface area contributed by atoms with E-state index in [0.29, 0.717) is 44.5 Å². The molecule has 8 heteroatoms. The molecule has 0 unspecified atom stereocenters. The van der Waals surface area contributed by atoms with Gasteiger partial charge in [-0.15, -0.1) is 5.10 Å². The van der Waals surface area contributed by atoms with E-state index in [1.807, 2.05) is 49.1 Å². The first-order chi connectivity index (χ1) is 12.5. The average Bonchev–Trinajstić information content (AvgIpc) is 3.13. The van der Waals surface area contributed by atoms with E-state index in [9.17, 15) is 8.42 Å². The van der Waals surface area contributed by atoms with Gasteiger partial charge < -0.3 is 9.32 Å². The Kier molecular flexibility index (Phi) is 5.93. The summed E-state index contributed by atoms with van der Waals surface area (Å²) in [4.78, 5) is 1.95. The number of benzene rings is 1. The molecule has 0 spiro atoms. The summed E-state index contributed by atoms with van der Waals surface area (Å²) in [6.45, 7) is 6.03. The number of rotatable bonds is 7. The molecule has 1 saturated heterocycles. The van der Waals surface area contributed by atoms with Crippen LogP contribution < -0.4 is 4.90 Å². The Labute approximate surface area is 155 Å². The van der Waals surface area contributed by atoms with Crippen molar-refractivity contribution in [2.45, 2.75) is 32.6 Å². The molecule has 26 heavy (non-hydrogen) atoms. The van der Waals surface area contributed by atoms with Crippen molar-refractivity contribution in [3.8, 4) is 0 Å². The smallest absolute Gasteiger partial charge is 0.318 e. The van der Waals surface area contributed by atoms with Gasteiger partial charge in [0.05, 0.1) is 5.75 Å². The molecule has 1 aliphatic heterocycles. The van der Waals surface area contributed by atoms with Gasteiger partial charge in [0.1, 0.15) is 0 Å². The Bertz CT molecular complexity index is 797. The Morgan fingerprint density at radius 1 is 1.08 bits per heavy atom. The third-order valence-electron chi connectivity index (χ3n) is 4.54. The fourth-order valence-corrected chi connectivity index (χ4v) is 4.46. The zero-order chi connectivity index (χ0) is 18.6. The average molecular weight is 378 g/mol. The van der Waals surface area contributed by atoms with Crippen LogP contribution in [0, 0.1) is 0 Å². The Morgan fingerprint density at radius 3 is 2.38 bits per heavy atom. The summed E-state index contributed by atoms with van der Waals surface area (Å²) in [6, 6.07) is 10.5. The van der Waals surface area contributed by atoms with Crippen molar-refractivity contribution in [1.82, 2.24) is 14.5 Å². The van der Waals surface area contributed by atoms with E-state index in [0.717, 1.165) is 6.42 Å². The van der Waals surface area contributed by atoms with Crippen LogP contribution in [-0.4, -0.2) is 54.9 Å². The number of anilines is 1. The van der Waals surface area contributed by atoms with Gasteiger partial charge >= 0.3 is 6.01 Å². The lowest BCUT2D eigenvalue weighted by molar-refractivity contribution is 0.367. The first kappa shape index (κ1) is 18.8. The summed E-state index contributed by atoms with van der Waals surface area (Å²) >= 11 is 0. The molecule has 1 aromatic carbocycles. The lowest BCUT2D eigenvalue weighted by Crippen LogP contribution is -2.49. The topological polar surface area (TPSA) is 79.5 Å². The van der Waals surface area contributed by atoms with Gasteiger partial charge in [0.2, 0.25) is 15.9 Å². The van der Waals surface area contributed by atoms with Crippen LogP contribution in [0.3, 0.4) is 0 Å². The fourth-order valence-electron chi connectivity index (χ4n) is 2.98. The van der Waals surface area contributed by atoms with E-state index in [2.05, 4.69) is 10.2 Å². The highest BCUT2D eigenvalue weighted by molar-refractivity contribution is 7.89.